The van der Waals surface area contributed by atoms with Gasteiger partial charge in [0, 0.05) is 6.07 Å². The minimum absolute atomic E-state index is 0.0418. The van der Waals surface area contributed by atoms with Crippen molar-refractivity contribution in [2.24, 2.45) is 16.8 Å². The van der Waals surface area contributed by atoms with Crippen molar-refractivity contribution in [3.05, 3.63) is 24.3 Å². The lowest BCUT2D eigenvalue weighted by Gasteiger charge is -2.15. The van der Waals surface area contributed by atoms with Crippen molar-refractivity contribution >= 4 is 17.3 Å². The van der Waals surface area contributed by atoms with Crippen molar-refractivity contribution in [1.82, 2.24) is 0 Å². The number of nitrogens with two attached hydrogens (primary N) is 1. The second kappa shape index (κ2) is 7.22. The lowest BCUT2D eigenvalue weighted by molar-refractivity contribution is -0.119. The Morgan fingerprint density at radius 3 is 2.90 bits per heavy atom. The standard InChI is InChI=1S/C16H23N3O2/c1-3-6-15-14(9-5-10-17)16(20)19(18-15)12-7-4-8-13(11-12)21-2/h4,7-8,11,14H,3,5-6,9-10,17H2,1-2H3. The van der Waals surface area contributed by atoms with Gasteiger partial charge in [-0.1, -0.05) is 19.4 Å². The molecule has 1 amide bonds. The normalized spacial score (nSPS) is 18.0. The molecule has 1 atom stereocenters. The molecule has 5 heteroatoms. The maximum absolute atomic E-state index is 12.6. The van der Waals surface area contributed by atoms with Gasteiger partial charge in [-0.2, -0.15) is 5.10 Å². The lowest BCUT2D eigenvalue weighted by atomic mass is 9.94. The summed E-state index contributed by atoms with van der Waals surface area (Å²) in [6, 6.07) is 7.42. The van der Waals surface area contributed by atoms with E-state index in [9.17, 15) is 4.79 Å². The molecule has 0 radical (unpaired) electrons. The van der Waals surface area contributed by atoms with Crippen LogP contribution in [-0.4, -0.2) is 25.3 Å². The highest BCUT2D eigenvalue weighted by Crippen LogP contribution is 2.30. The lowest BCUT2D eigenvalue weighted by Crippen LogP contribution is -2.28. The number of ether oxygens (including phenoxy) is 1. The summed E-state index contributed by atoms with van der Waals surface area (Å²) in [7, 11) is 1.61. The zero-order valence-electron chi connectivity index (χ0n) is 12.7. The van der Waals surface area contributed by atoms with Crippen LogP contribution < -0.4 is 15.5 Å². The molecule has 1 aromatic carbocycles. The SMILES string of the molecule is CCCC1=NN(c2cccc(OC)c2)C(=O)C1CCCN. The summed E-state index contributed by atoms with van der Waals surface area (Å²) in [5.74, 6) is 0.637. The van der Waals surface area contributed by atoms with Gasteiger partial charge < -0.3 is 10.5 Å². The summed E-state index contributed by atoms with van der Waals surface area (Å²) in [6.45, 7) is 2.70. The largest absolute Gasteiger partial charge is 0.497 e. The first-order valence-electron chi connectivity index (χ1n) is 7.46. The molecule has 0 saturated carbocycles. The maximum Gasteiger partial charge on any atom is 0.256 e. The van der Waals surface area contributed by atoms with Crippen LogP contribution in [0, 0.1) is 5.92 Å². The van der Waals surface area contributed by atoms with Crippen LogP contribution in [0.4, 0.5) is 5.69 Å². The highest BCUT2D eigenvalue weighted by atomic mass is 16.5. The van der Waals surface area contributed by atoms with Gasteiger partial charge in [0.05, 0.1) is 24.4 Å². The van der Waals surface area contributed by atoms with Gasteiger partial charge in [-0.05, 0) is 37.9 Å². The minimum atomic E-state index is -0.125. The Morgan fingerprint density at radius 2 is 2.24 bits per heavy atom. The van der Waals surface area contributed by atoms with Crippen molar-refractivity contribution in [3.8, 4) is 5.75 Å². The van der Waals surface area contributed by atoms with Crippen LogP contribution in [-0.2, 0) is 4.79 Å². The molecule has 1 aliphatic heterocycles. The monoisotopic (exact) mass is 289 g/mol. The predicted octanol–water partition coefficient (Wildman–Crippen LogP) is 2.55. The van der Waals surface area contributed by atoms with Gasteiger partial charge in [-0.15, -0.1) is 0 Å². The highest BCUT2D eigenvalue weighted by Gasteiger charge is 2.35. The number of benzene rings is 1. The molecular weight excluding hydrogens is 266 g/mol. The third-order valence-electron chi connectivity index (χ3n) is 3.64. The zero-order valence-corrected chi connectivity index (χ0v) is 12.7. The number of anilines is 1. The van der Waals surface area contributed by atoms with E-state index in [-0.39, 0.29) is 11.8 Å². The Morgan fingerprint density at radius 1 is 1.43 bits per heavy atom. The van der Waals surface area contributed by atoms with Crippen LogP contribution in [0.1, 0.15) is 32.6 Å². The summed E-state index contributed by atoms with van der Waals surface area (Å²) in [6.07, 6.45) is 3.44. The number of carbonyl (C=O) groups is 1. The van der Waals surface area contributed by atoms with Crippen molar-refractivity contribution in [3.63, 3.8) is 0 Å². The van der Waals surface area contributed by atoms with Crippen molar-refractivity contribution < 1.29 is 9.53 Å². The molecule has 1 aromatic rings. The van der Waals surface area contributed by atoms with Crippen molar-refractivity contribution in [1.29, 1.82) is 0 Å². The topological polar surface area (TPSA) is 67.9 Å². The van der Waals surface area contributed by atoms with E-state index in [1.807, 2.05) is 24.3 Å². The van der Waals surface area contributed by atoms with E-state index in [1.165, 1.54) is 5.01 Å². The van der Waals surface area contributed by atoms with Crippen molar-refractivity contribution in [2.45, 2.75) is 32.6 Å². The molecule has 0 aliphatic carbocycles. The first kappa shape index (κ1) is 15.5. The fourth-order valence-electron chi connectivity index (χ4n) is 2.56. The number of carbonyl (C=O) groups excluding carboxylic acids is 1. The molecule has 2 N–H and O–H groups in total. The van der Waals surface area contributed by atoms with Gasteiger partial charge in [0.2, 0.25) is 0 Å². The third-order valence-corrected chi connectivity index (χ3v) is 3.64. The number of hydrogen-bond donors (Lipinski definition) is 1. The molecule has 1 aliphatic rings. The molecule has 21 heavy (non-hydrogen) atoms. The van der Waals surface area contributed by atoms with Gasteiger partial charge in [0.1, 0.15) is 5.75 Å². The molecule has 114 valence electrons. The Balaban J connectivity index is 2.25. The molecule has 1 heterocycles. The first-order chi connectivity index (χ1) is 10.2. The van der Waals surface area contributed by atoms with E-state index in [0.717, 1.165) is 42.8 Å². The van der Waals surface area contributed by atoms with E-state index < -0.39 is 0 Å². The van der Waals surface area contributed by atoms with Crippen LogP contribution in [0.3, 0.4) is 0 Å². The van der Waals surface area contributed by atoms with Crippen LogP contribution in [0.5, 0.6) is 5.75 Å². The Bertz CT molecular complexity index is 528. The van der Waals surface area contributed by atoms with Gasteiger partial charge in [0.15, 0.2) is 0 Å². The average Bonchev–Trinajstić information content (AvgIpc) is 2.82. The molecule has 0 bridgehead atoms. The maximum atomic E-state index is 12.6. The Kier molecular flexibility index (Phi) is 5.33. The Labute approximate surface area is 125 Å². The average molecular weight is 289 g/mol. The van der Waals surface area contributed by atoms with Crippen molar-refractivity contribution in [2.75, 3.05) is 18.7 Å². The summed E-state index contributed by atoms with van der Waals surface area (Å²) in [5, 5.41) is 6.05. The molecule has 0 aromatic heterocycles. The predicted molar refractivity (Wildman–Crippen MR) is 84.6 cm³/mol. The van der Waals surface area contributed by atoms with Gasteiger partial charge >= 0.3 is 0 Å². The summed E-state index contributed by atoms with van der Waals surface area (Å²) < 4.78 is 5.21. The molecule has 2 rings (SSSR count). The van der Waals surface area contributed by atoms with Crippen LogP contribution in [0.15, 0.2) is 29.4 Å². The molecule has 0 fully saturated rings. The van der Waals surface area contributed by atoms with Gasteiger partial charge in [-0.3, -0.25) is 4.79 Å². The van der Waals surface area contributed by atoms with Gasteiger partial charge in [0.25, 0.3) is 5.91 Å². The van der Waals surface area contributed by atoms with E-state index in [0.29, 0.717) is 6.54 Å². The molecule has 0 saturated heterocycles. The quantitative estimate of drug-likeness (QED) is 0.838. The minimum Gasteiger partial charge on any atom is -0.497 e. The number of hydrazone groups is 1. The zero-order chi connectivity index (χ0) is 15.2. The third kappa shape index (κ3) is 3.42. The second-order valence-corrected chi connectivity index (χ2v) is 5.18. The molecule has 0 spiro atoms. The highest BCUT2D eigenvalue weighted by molar-refractivity contribution is 6.15. The Hall–Kier alpha value is -1.88. The smallest absolute Gasteiger partial charge is 0.256 e. The van der Waals surface area contributed by atoms with Gasteiger partial charge in [-0.25, -0.2) is 5.01 Å². The summed E-state index contributed by atoms with van der Waals surface area (Å²) in [4.78, 5) is 12.6. The summed E-state index contributed by atoms with van der Waals surface area (Å²) >= 11 is 0. The number of rotatable bonds is 7. The van der Waals surface area contributed by atoms with Crippen LogP contribution >= 0.6 is 0 Å². The number of methoxy groups -OCH3 is 1. The number of hydrogen-bond acceptors (Lipinski definition) is 4. The summed E-state index contributed by atoms with van der Waals surface area (Å²) in [5.41, 5.74) is 7.30. The van der Waals surface area contributed by atoms with Crippen LogP contribution in [0.2, 0.25) is 0 Å². The fourth-order valence-corrected chi connectivity index (χ4v) is 2.56. The molecule has 1 unspecified atom stereocenters. The van der Waals surface area contributed by atoms with E-state index in [4.69, 9.17) is 10.5 Å². The van der Waals surface area contributed by atoms with E-state index >= 15 is 0 Å². The van der Waals surface area contributed by atoms with E-state index in [1.54, 1.807) is 7.11 Å². The fraction of sp³-hybridized carbons (Fsp3) is 0.500. The second-order valence-electron chi connectivity index (χ2n) is 5.18. The molecule has 5 nitrogen and oxygen atoms in total. The first-order valence-corrected chi connectivity index (χ1v) is 7.46. The van der Waals surface area contributed by atoms with Crippen LogP contribution in [0.25, 0.3) is 0 Å². The number of amides is 1. The molecular formula is C16H23N3O2. The number of nitrogens with zero attached hydrogens (tertiary/aromatic N) is 2. The van der Waals surface area contributed by atoms with E-state index in [2.05, 4.69) is 12.0 Å².